The average Bonchev–Trinajstić information content (AvgIpc) is 2.76. The molecule has 1 aromatic carbocycles. The summed E-state index contributed by atoms with van der Waals surface area (Å²) in [5, 5.41) is 4.94. The van der Waals surface area contributed by atoms with Gasteiger partial charge in [0, 0.05) is 31.2 Å². The van der Waals surface area contributed by atoms with Gasteiger partial charge in [-0.1, -0.05) is 23.7 Å². The first-order valence-corrected chi connectivity index (χ1v) is 9.62. The highest BCUT2D eigenvalue weighted by molar-refractivity contribution is 6.30. The van der Waals surface area contributed by atoms with Crippen molar-refractivity contribution in [3.63, 3.8) is 0 Å². The Kier molecular flexibility index (Phi) is 6.15. The lowest BCUT2D eigenvalue weighted by Crippen LogP contribution is -2.40. The molecule has 0 unspecified atom stereocenters. The lowest BCUT2D eigenvalue weighted by atomic mass is 10.2. The number of hydrogen-bond donors (Lipinski definition) is 1. The number of hydrazone groups is 1. The average molecular weight is 404 g/mol. The molecule has 0 bridgehead atoms. The first-order valence-electron chi connectivity index (χ1n) is 9.24. The molecule has 3 heterocycles. The summed E-state index contributed by atoms with van der Waals surface area (Å²) in [7, 11) is 0. The van der Waals surface area contributed by atoms with Gasteiger partial charge < -0.3 is 19.3 Å². The molecule has 9 nitrogen and oxygen atoms in total. The highest BCUT2D eigenvalue weighted by Gasteiger charge is 2.20. The molecule has 0 spiro atoms. The zero-order valence-electron chi connectivity index (χ0n) is 15.4. The predicted octanol–water partition coefficient (Wildman–Crippen LogP) is 1.64. The van der Waals surface area contributed by atoms with Crippen LogP contribution in [-0.2, 0) is 9.47 Å². The van der Waals surface area contributed by atoms with Crippen LogP contribution in [-0.4, -0.2) is 73.8 Å². The second-order valence-corrected chi connectivity index (χ2v) is 6.82. The van der Waals surface area contributed by atoms with Crippen molar-refractivity contribution in [1.29, 1.82) is 0 Å². The fourth-order valence-electron chi connectivity index (χ4n) is 2.93. The predicted molar refractivity (Wildman–Crippen MR) is 109 cm³/mol. The SMILES string of the molecule is Clc1ccc(/C=N/Nc2nc(N3CCOCC3)nc(N3CCOCC3)n2)cc1. The summed E-state index contributed by atoms with van der Waals surface area (Å²) in [5.41, 5.74) is 3.85. The van der Waals surface area contributed by atoms with Gasteiger partial charge in [-0.25, -0.2) is 5.43 Å². The van der Waals surface area contributed by atoms with Gasteiger partial charge in [0.15, 0.2) is 0 Å². The van der Waals surface area contributed by atoms with Crippen molar-refractivity contribution in [2.75, 3.05) is 67.8 Å². The van der Waals surface area contributed by atoms with Gasteiger partial charge in [0.1, 0.15) is 0 Å². The van der Waals surface area contributed by atoms with E-state index in [9.17, 15) is 0 Å². The topological polar surface area (TPSA) is 88.0 Å². The molecular formula is C18H22ClN7O2. The number of benzene rings is 1. The van der Waals surface area contributed by atoms with Crippen molar-refractivity contribution >= 4 is 35.7 Å². The minimum atomic E-state index is 0.406. The number of nitrogens with one attached hydrogen (secondary N) is 1. The summed E-state index contributed by atoms with van der Waals surface area (Å²) >= 11 is 5.91. The van der Waals surface area contributed by atoms with Gasteiger partial charge in [0.2, 0.25) is 17.8 Å². The first kappa shape index (κ1) is 18.9. The van der Waals surface area contributed by atoms with E-state index in [1.165, 1.54) is 0 Å². The smallest absolute Gasteiger partial charge is 0.250 e. The van der Waals surface area contributed by atoms with E-state index in [0.717, 1.165) is 31.7 Å². The van der Waals surface area contributed by atoms with E-state index < -0.39 is 0 Å². The van der Waals surface area contributed by atoms with Crippen LogP contribution in [0.1, 0.15) is 5.56 Å². The third-order valence-electron chi connectivity index (χ3n) is 4.45. The van der Waals surface area contributed by atoms with Gasteiger partial charge in [0.05, 0.1) is 32.6 Å². The molecule has 2 fully saturated rings. The minimum absolute atomic E-state index is 0.406. The van der Waals surface area contributed by atoms with E-state index in [-0.39, 0.29) is 0 Å². The number of nitrogens with zero attached hydrogens (tertiary/aromatic N) is 6. The van der Waals surface area contributed by atoms with Crippen LogP contribution in [0.15, 0.2) is 29.4 Å². The zero-order valence-corrected chi connectivity index (χ0v) is 16.2. The minimum Gasteiger partial charge on any atom is -0.378 e. The quantitative estimate of drug-likeness (QED) is 0.595. The van der Waals surface area contributed by atoms with Gasteiger partial charge >= 0.3 is 0 Å². The molecule has 0 aliphatic carbocycles. The number of aromatic nitrogens is 3. The van der Waals surface area contributed by atoms with E-state index in [2.05, 4.69) is 35.3 Å². The number of hydrogen-bond acceptors (Lipinski definition) is 9. The molecule has 10 heteroatoms. The summed E-state index contributed by atoms with van der Waals surface area (Å²) in [6.07, 6.45) is 1.70. The van der Waals surface area contributed by atoms with Crippen molar-refractivity contribution in [2.45, 2.75) is 0 Å². The Morgan fingerprint density at radius 3 is 1.93 bits per heavy atom. The van der Waals surface area contributed by atoms with Crippen LogP contribution in [0.5, 0.6) is 0 Å². The Hall–Kier alpha value is -2.49. The molecule has 0 radical (unpaired) electrons. The highest BCUT2D eigenvalue weighted by atomic mass is 35.5. The highest BCUT2D eigenvalue weighted by Crippen LogP contribution is 2.18. The van der Waals surface area contributed by atoms with Crippen LogP contribution in [0.3, 0.4) is 0 Å². The maximum atomic E-state index is 5.91. The van der Waals surface area contributed by atoms with E-state index in [4.69, 9.17) is 21.1 Å². The maximum absolute atomic E-state index is 5.91. The number of ether oxygens (including phenoxy) is 2. The fourth-order valence-corrected chi connectivity index (χ4v) is 3.05. The number of halogens is 1. The molecule has 2 saturated heterocycles. The zero-order chi connectivity index (χ0) is 19.2. The molecule has 148 valence electrons. The van der Waals surface area contributed by atoms with Crippen molar-refractivity contribution in [3.05, 3.63) is 34.9 Å². The third-order valence-corrected chi connectivity index (χ3v) is 4.70. The van der Waals surface area contributed by atoms with Gasteiger partial charge in [-0.2, -0.15) is 20.1 Å². The van der Waals surface area contributed by atoms with Crippen LogP contribution in [0.25, 0.3) is 0 Å². The molecule has 2 aliphatic heterocycles. The Morgan fingerprint density at radius 1 is 0.857 bits per heavy atom. The third kappa shape index (κ3) is 4.86. The largest absolute Gasteiger partial charge is 0.378 e. The van der Waals surface area contributed by atoms with Gasteiger partial charge in [-0.15, -0.1) is 0 Å². The van der Waals surface area contributed by atoms with Gasteiger partial charge in [0.25, 0.3) is 0 Å². The number of rotatable bonds is 5. The summed E-state index contributed by atoms with van der Waals surface area (Å²) < 4.78 is 10.9. The van der Waals surface area contributed by atoms with E-state index in [0.29, 0.717) is 49.3 Å². The van der Waals surface area contributed by atoms with Crippen molar-refractivity contribution < 1.29 is 9.47 Å². The summed E-state index contributed by atoms with van der Waals surface area (Å²) in [4.78, 5) is 18.0. The van der Waals surface area contributed by atoms with Gasteiger partial charge in [-0.05, 0) is 17.7 Å². The molecule has 0 atom stereocenters. The molecule has 0 amide bonds. The van der Waals surface area contributed by atoms with Crippen LogP contribution >= 0.6 is 11.6 Å². The molecule has 1 N–H and O–H groups in total. The van der Waals surface area contributed by atoms with Crippen LogP contribution in [0.4, 0.5) is 17.8 Å². The lowest BCUT2D eigenvalue weighted by molar-refractivity contribution is 0.121. The van der Waals surface area contributed by atoms with Crippen LogP contribution in [0.2, 0.25) is 5.02 Å². The summed E-state index contributed by atoms with van der Waals surface area (Å²) in [6, 6.07) is 7.41. The molecule has 4 rings (SSSR count). The molecule has 0 saturated carbocycles. The molecule has 1 aromatic heterocycles. The second kappa shape index (κ2) is 9.13. The van der Waals surface area contributed by atoms with E-state index in [1.807, 2.05) is 24.3 Å². The standard InChI is InChI=1S/C18H22ClN7O2/c19-15-3-1-14(2-4-15)13-20-24-16-21-17(25-5-9-27-10-6-25)23-18(22-16)26-7-11-28-12-8-26/h1-4,13H,5-12H2,(H,21,22,23,24)/b20-13+. The maximum Gasteiger partial charge on any atom is 0.250 e. The van der Waals surface area contributed by atoms with Crippen molar-refractivity contribution in [3.8, 4) is 0 Å². The van der Waals surface area contributed by atoms with E-state index >= 15 is 0 Å². The molecular weight excluding hydrogens is 382 g/mol. The van der Waals surface area contributed by atoms with Gasteiger partial charge in [-0.3, -0.25) is 0 Å². The Balaban J connectivity index is 1.54. The molecule has 28 heavy (non-hydrogen) atoms. The number of anilines is 3. The Morgan fingerprint density at radius 2 is 1.39 bits per heavy atom. The van der Waals surface area contributed by atoms with Crippen LogP contribution < -0.4 is 15.2 Å². The fraction of sp³-hybridized carbons (Fsp3) is 0.444. The summed E-state index contributed by atoms with van der Waals surface area (Å²) in [5.74, 6) is 1.66. The van der Waals surface area contributed by atoms with E-state index in [1.54, 1.807) is 6.21 Å². The Labute approximate surface area is 168 Å². The second-order valence-electron chi connectivity index (χ2n) is 6.38. The number of morpholine rings is 2. The van der Waals surface area contributed by atoms with Crippen LogP contribution in [0, 0.1) is 0 Å². The van der Waals surface area contributed by atoms with Crippen molar-refractivity contribution in [1.82, 2.24) is 15.0 Å². The summed E-state index contributed by atoms with van der Waals surface area (Å²) in [6.45, 7) is 5.65. The molecule has 2 aliphatic rings. The molecule has 2 aromatic rings. The Bertz CT molecular complexity index is 770. The first-order chi connectivity index (χ1) is 13.8. The monoisotopic (exact) mass is 403 g/mol. The van der Waals surface area contributed by atoms with Crippen molar-refractivity contribution in [2.24, 2.45) is 5.10 Å². The lowest BCUT2D eigenvalue weighted by Gasteiger charge is -2.30. The normalized spacial score (nSPS) is 17.9.